The fraction of sp³-hybridized carbons (Fsp3) is 0.667. The molecule has 0 aliphatic carbocycles. The SMILES string of the molecule is Cc1nc(C(C)(C)C)sc1C(C)NCC(=O)O. The lowest BCUT2D eigenvalue weighted by Gasteiger charge is -2.14. The summed E-state index contributed by atoms with van der Waals surface area (Å²) in [6.07, 6.45) is 0. The molecular weight excluding hydrogens is 236 g/mol. The number of hydrogen-bond donors (Lipinski definition) is 2. The second kappa shape index (κ2) is 5.14. The lowest BCUT2D eigenvalue weighted by atomic mass is 9.98. The Balaban J connectivity index is 2.84. The van der Waals surface area contributed by atoms with Crippen LogP contribution in [0.25, 0.3) is 0 Å². The second-order valence-corrected chi connectivity index (χ2v) is 6.25. The maximum absolute atomic E-state index is 10.5. The summed E-state index contributed by atoms with van der Waals surface area (Å²) in [5, 5.41) is 12.7. The van der Waals surface area contributed by atoms with Gasteiger partial charge in [0.2, 0.25) is 0 Å². The topological polar surface area (TPSA) is 62.2 Å². The smallest absolute Gasteiger partial charge is 0.317 e. The van der Waals surface area contributed by atoms with Gasteiger partial charge in [-0.25, -0.2) is 4.98 Å². The van der Waals surface area contributed by atoms with Crippen LogP contribution in [-0.4, -0.2) is 22.6 Å². The van der Waals surface area contributed by atoms with Crippen molar-refractivity contribution < 1.29 is 9.90 Å². The largest absolute Gasteiger partial charge is 0.480 e. The summed E-state index contributed by atoms with van der Waals surface area (Å²) in [5.41, 5.74) is 1.03. The van der Waals surface area contributed by atoms with Gasteiger partial charge in [0.15, 0.2) is 0 Å². The molecule has 0 saturated heterocycles. The number of aromatic nitrogens is 1. The van der Waals surface area contributed by atoms with E-state index < -0.39 is 5.97 Å². The van der Waals surface area contributed by atoms with Gasteiger partial charge in [0, 0.05) is 16.3 Å². The Hall–Kier alpha value is -0.940. The van der Waals surface area contributed by atoms with Gasteiger partial charge in [-0.1, -0.05) is 20.8 Å². The predicted octanol–water partition coefficient (Wildman–Crippen LogP) is 2.48. The summed E-state index contributed by atoms with van der Waals surface area (Å²) >= 11 is 1.66. The third-order valence-corrected chi connectivity index (χ3v) is 4.19. The first-order chi connectivity index (χ1) is 7.71. The first kappa shape index (κ1) is 14.1. The molecule has 5 heteroatoms. The third-order valence-electron chi connectivity index (χ3n) is 2.43. The first-order valence-corrected chi connectivity index (χ1v) is 6.46. The van der Waals surface area contributed by atoms with Crippen LogP contribution in [0, 0.1) is 6.92 Å². The van der Waals surface area contributed by atoms with Gasteiger partial charge in [-0.05, 0) is 13.8 Å². The normalized spacial score (nSPS) is 13.7. The summed E-state index contributed by atoms with van der Waals surface area (Å²) in [4.78, 5) is 16.2. The van der Waals surface area contributed by atoms with Crippen molar-refractivity contribution in [3.63, 3.8) is 0 Å². The maximum atomic E-state index is 10.5. The molecule has 4 nitrogen and oxygen atoms in total. The van der Waals surface area contributed by atoms with Crippen LogP contribution in [0.2, 0.25) is 0 Å². The minimum atomic E-state index is -0.838. The van der Waals surface area contributed by atoms with E-state index in [-0.39, 0.29) is 18.0 Å². The molecule has 0 aliphatic rings. The van der Waals surface area contributed by atoms with Gasteiger partial charge in [-0.2, -0.15) is 0 Å². The van der Waals surface area contributed by atoms with Gasteiger partial charge in [-0.15, -0.1) is 11.3 Å². The zero-order chi connectivity index (χ0) is 13.2. The van der Waals surface area contributed by atoms with Crippen molar-refractivity contribution in [2.45, 2.75) is 46.1 Å². The maximum Gasteiger partial charge on any atom is 0.317 e. The number of nitrogens with zero attached hydrogens (tertiary/aromatic N) is 1. The number of aliphatic carboxylic acids is 1. The van der Waals surface area contributed by atoms with Crippen molar-refractivity contribution in [2.75, 3.05) is 6.54 Å². The molecule has 0 amide bonds. The second-order valence-electron chi connectivity index (χ2n) is 5.22. The van der Waals surface area contributed by atoms with Crippen molar-refractivity contribution >= 4 is 17.3 Å². The van der Waals surface area contributed by atoms with Crippen LogP contribution in [0.4, 0.5) is 0 Å². The highest BCUT2D eigenvalue weighted by Crippen LogP contribution is 2.32. The average Bonchev–Trinajstić information content (AvgIpc) is 2.56. The number of rotatable bonds is 4. The molecule has 17 heavy (non-hydrogen) atoms. The highest BCUT2D eigenvalue weighted by Gasteiger charge is 2.22. The van der Waals surface area contributed by atoms with E-state index in [1.54, 1.807) is 11.3 Å². The average molecular weight is 256 g/mol. The van der Waals surface area contributed by atoms with Crippen LogP contribution in [0.3, 0.4) is 0 Å². The lowest BCUT2D eigenvalue weighted by Crippen LogP contribution is -2.25. The van der Waals surface area contributed by atoms with E-state index in [4.69, 9.17) is 5.11 Å². The summed E-state index contributed by atoms with van der Waals surface area (Å²) < 4.78 is 0. The quantitative estimate of drug-likeness (QED) is 0.868. The molecule has 0 spiro atoms. The van der Waals surface area contributed by atoms with Gasteiger partial charge in [0.05, 0.1) is 17.2 Å². The van der Waals surface area contributed by atoms with Crippen LogP contribution in [0.5, 0.6) is 0 Å². The van der Waals surface area contributed by atoms with Crippen molar-refractivity contribution in [3.05, 3.63) is 15.6 Å². The van der Waals surface area contributed by atoms with Crippen LogP contribution < -0.4 is 5.32 Å². The molecule has 2 N–H and O–H groups in total. The van der Waals surface area contributed by atoms with Crippen LogP contribution >= 0.6 is 11.3 Å². The number of nitrogens with one attached hydrogen (secondary N) is 1. The molecule has 1 aromatic heterocycles. The summed E-state index contributed by atoms with van der Waals surface area (Å²) in [6, 6.07) is 0.0275. The molecular formula is C12H20N2O2S. The Kier molecular flexibility index (Phi) is 4.27. The fourth-order valence-electron chi connectivity index (χ4n) is 1.46. The minimum absolute atomic E-state index is 0.0244. The molecule has 1 rings (SSSR count). The predicted molar refractivity (Wildman–Crippen MR) is 69.6 cm³/mol. The molecule has 0 aliphatic heterocycles. The van der Waals surface area contributed by atoms with Crippen molar-refractivity contribution in [1.29, 1.82) is 0 Å². The molecule has 0 aromatic carbocycles. The monoisotopic (exact) mass is 256 g/mol. The Labute approximate surface area is 106 Å². The molecule has 96 valence electrons. The molecule has 1 aromatic rings. The van der Waals surface area contributed by atoms with Crippen LogP contribution in [-0.2, 0) is 10.2 Å². The Morgan fingerprint density at radius 2 is 2.12 bits per heavy atom. The molecule has 0 saturated carbocycles. The fourth-order valence-corrected chi connectivity index (χ4v) is 2.61. The van der Waals surface area contributed by atoms with Crippen LogP contribution in [0.15, 0.2) is 0 Å². The van der Waals surface area contributed by atoms with Crippen molar-refractivity contribution in [1.82, 2.24) is 10.3 Å². The lowest BCUT2D eigenvalue weighted by molar-refractivity contribution is -0.136. The van der Waals surface area contributed by atoms with E-state index in [9.17, 15) is 4.79 Å². The molecule has 1 unspecified atom stereocenters. The Morgan fingerprint density at radius 3 is 2.53 bits per heavy atom. The number of aryl methyl sites for hydroxylation is 1. The van der Waals surface area contributed by atoms with E-state index in [0.717, 1.165) is 15.6 Å². The summed E-state index contributed by atoms with van der Waals surface area (Å²) in [7, 11) is 0. The molecule has 0 bridgehead atoms. The zero-order valence-electron chi connectivity index (χ0n) is 11.0. The minimum Gasteiger partial charge on any atom is -0.480 e. The van der Waals surface area contributed by atoms with E-state index in [0.29, 0.717) is 0 Å². The van der Waals surface area contributed by atoms with Gasteiger partial charge in [-0.3, -0.25) is 10.1 Å². The van der Waals surface area contributed by atoms with E-state index in [2.05, 4.69) is 31.1 Å². The molecule has 1 heterocycles. The van der Waals surface area contributed by atoms with Crippen LogP contribution in [0.1, 0.15) is 49.3 Å². The van der Waals surface area contributed by atoms with Gasteiger partial charge in [0.25, 0.3) is 0 Å². The number of carboxylic acid groups (broad SMARTS) is 1. The standard InChI is InChI=1S/C12H20N2O2S/c1-7(13-6-9(15)16)10-8(2)14-11(17-10)12(3,4)5/h7,13H,6H2,1-5H3,(H,15,16). The third kappa shape index (κ3) is 3.78. The van der Waals surface area contributed by atoms with Crippen molar-refractivity contribution in [2.24, 2.45) is 0 Å². The van der Waals surface area contributed by atoms with Crippen molar-refractivity contribution in [3.8, 4) is 0 Å². The summed E-state index contributed by atoms with van der Waals surface area (Å²) in [6.45, 7) is 10.3. The number of carboxylic acids is 1. The number of thiazole rings is 1. The van der Waals surface area contributed by atoms with Gasteiger partial charge < -0.3 is 5.11 Å². The first-order valence-electron chi connectivity index (χ1n) is 5.65. The van der Waals surface area contributed by atoms with E-state index >= 15 is 0 Å². The Morgan fingerprint density at radius 1 is 1.53 bits per heavy atom. The number of hydrogen-bond acceptors (Lipinski definition) is 4. The van der Waals surface area contributed by atoms with E-state index in [1.165, 1.54) is 0 Å². The zero-order valence-corrected chi connectivity index (χ0v) is 11.8. The Bertz CT molecular complexity index is 407. The van der Waals surface area contributed by atoms with E-state index in [1.807, 2.05) is 13.8 Å². The highest BCUT2D eigenvalue weighted by molar-refractivity contribution is 7.12. The highest BCUT2D eigenvalue weighted by atomic mass is 32.1. The molecule has 0 radical (unpaired) electrons. The number of carbonyl (C=O) groups is 1. The molecule has 1 atom stereocenters. The summed E-state index contributed by atoms with van der Waals surface area (Å²) in [5.74, 6) is -0.838. The van der Waals surface area contributed by atoms with Gasteiger partial charge >= 0.3 is 5.97 Å². The van der Waals surface area contributed by atoms with Gasteiger partial charge in [0.1, 0.15) is 0 Å². The molecule has 0 fully saturated rings.